The number of unbranched alkanes of at least 4 members (excludes halogenated alkanes) is 23. The predicted octanol–water partition coefficient (Wildman–Crippen LogP) is 15.3. The van der Waals surface area contributed by atoms with E-state index in [0.717, 1.165) is 64.2 Å². The minimum Gasteiger partial charge on any atom is -0.477 e. The van der Waals surface area contributed by atoms with E-state index in [4.69, 9.17) is 14.2 Å². The standard InChI is InChI=1S/C56H99NO7/c1-6-8-10-12-14-16-18-20-22-24-25-26-27-28-29-31-32-34-36-38-40-42-44-46-54(58)63-51-52(50-62-49-48-53(56(60)61)57(3,4)5)64-55(59)47-45-43-41-39-37-35-33-30-23-21-19-17-15-13-11-9-7-2/h8,10,14,16,20-23,25-26,52-53H,6-7,9,11-13,15,17-19,24,27-51H2,1-5H3/p+1/b10-8+,16-14+,22-20+,23-21+,26-25+. The van der Waals surface area contributed by atoms with Gasteiger partial charge in [0.15, 0.2) is 12.1 Å². The Kier molecular flexibility index (Phi) is 44.4. The second-order valence-electron chi connectivity index (χ2n) is 18.7. The van der Waals surface area contributed by atoms with Crippen molar-refractivity contribution in [2.24, 2.45) is 0 Å². The maximum absolute atomic E-state index is 12.8. The zero-order valence-corrected chi connectivity index (χ0v) is 42.2. The molecule has 0 aromatic rings. The number of carboxylic acid groups (broad SMARTS) is 1. The molecule has 0 aromatic heterocycles. The summed E-state index contributed by atoms with van der Waals surface area (Å²) in [6, 6.07) is -0.618. The van der Waals surface area contributed by atoms with Crippen molar-refractivity contribution in [1.29, 1.82) is 0 Å². The molecule has 1 N–H and O–H groups in total. The number of carbonyl (C=O) groups is 3. The van der Waals surface area contributed by atoms with Crippen molar-refractivity contribution in [3.05, 3.63) is 60.8 Å². The average molecular weight is 899 g/mol. The number of nitrogens with zero attached hydrogens (tertiary/aromatic N) is 1. The van der Waals surface area contributed by atoms with Crippen LogP contribution in [0.2, 0.25) is 0 Å². The van der Waals surface area contributed by atoms with E-state index in [2.05, 4.69) is 74.6 Å². The topological polar surface area (TPSA) is 99.1 Å². The van der Waals surface area contributed by atoms with E-state index >= 15 is 0 Å². The predicted molar refractivity (Wildman–Crippen MR) is 271 cm³/mol. The van der Waals surface area contributed by atoms with Crippen LogP contribution in [0.15, 0.2) is 60.8 Å². The zero-order valence-electron chi connectivity index (χ0n) is 42.2. The number of likely N-dealkylation sites (N-methyl/N-ethyl adjacent to an activating group) is 1. The first-order valence-corrected chi connectivity index (χ1v) is 26.3. The molecule has 370 valence electrons. The molecule has 0 aliphatic heterocycles. The fourth-order valence-corrected chi connectivity index (χ4v) is 7.61. The summed E-state index contributed by atoms with van der Waals surface area (Å²) in [6.07, 6.45) is 58.4. The molecule has 2 atom stereocenters. The molecule has 0 fully saturated rings. The van der Waals surface area contributed by atoms with Gasteiger partial charge in [-0.25, -0.2) is 4.79 Å². The molecule has 0 heterocycles. The van der Waals surface area contributed by atoms with Crippen molar-refractivity contribution in [3.63, 3.8) is 0 Å². The molecule has 2 unspecified atom stereocenters. The van der Waals surface area contributed by atoms with Gasteiger partial charge in [-0.3, -0.25) is 9.59 Å². The van der Waals surface area contributed by atoms with Crippen LogP contribution in [0.4, 0.5) is 0 Å². The lowest BCUT2D eigenvalue weighted by atomic mass is 10.1. The SMILES string of the molecule is CC/C=C/C/C=C/C/C=C/C/C=C/CCCCCCCCCCCCC(=O)OCC(COCCC(C(=O)O)[N+](C)(C)C)OC(=O)CCCCCCCCC/C=C/CCCCCCCC. The highest BCUT2D eigenvalue weighted by atomic mass is 16.6. The van der Waals surface area contributed by atoms with Crippen LogP contribution >= 0.6 is 0 Å². The van der Waals surface area contributed by atoms with Crippen LogP contribution < -0.4 is 0 Å². The first kappa shape index (κ1) is 61.0. The molecule has 0 rings (SSSR count). The van der Waals surface area contributed by atoms with Gasteiger partial charge in [-0.05, 0) is 77.0 Å². The van der Waals surface area contributed by atoms with E-state index in [1.165, 1.54) is 128 Å². The number of hydrogen-bond acceptors (Lipinski definition) is 6. The lowest BCUT2D eigenvalue weighted by Gasteiger charge is -2.31. The van der Waals surface area contributed by atoms with E-state index in [-0.39, 0.29) is 36.2 Å². The Morgan fingerprint density at radius 2 is 0.875 bits per heavy atom. The first-order valence-electron chi connectivity index (χ1n) is 26.3. The second-order valence-corrected chi connectivity index (χ2v) is 18.7. The van der Waals surface area contributed by atoms with Gasteiger partial charge in [0.1, 0.15) is 6.61 Å². The van der Waals surface area contributed by atoms with Gasteiger partial charge in [0.05, 0.1) is 34.4 Å². The summed E-state index contributed by atoms with van der Waals surface area (Å²) in [6.45, 7) is 4.63. The van der Waals surface area contributed by atoms with Crippen molar-refractivity contribution < 1.29 is 38.2 Å². The second kappa shape index (κ2) is 46.6. The van der Waals surface area contributed by atoms with Crippen molar-refractivity contribution in [1.82, 2.24) is 0 Å². The van der Waals surface area contributed by atoms with Crippen LogP contribution in [0.1, 0.15) is 226 Å². The maximum Gasteiger partial charge on any atom is 0.362 e. The molecule has 0 radical (unpaired) electrons. The van der Waals surface area contributed by atoms with Gasteiger partial charge >= 0.3 is 17.9 Å². The highest BCUT2D eigenvalue weighted by Crippen LogP contribution is 2.15. The van der Waals surface area contributed by atoms with Gasteiger partial charge in [-0.1, -0.05) is 190 Å². The number of hydrogen-bond donors (Lipinski definition) is 1. The molecule has 0 aliphatic carbocycles. The summed E-state index contributed by atoms with van der Waals surface area (Å²) in [5, 5.41) is 9.66. The summed E-state index contributed by atoms with van der Waals surface area (Å²) < 4.78 is 17.4. The summed E-state index contributed by atoms with van der Waals surface area (Å²) in [5.74, 6) is -1.47. The van der Waals surface area contributed by atoms with Gasteiger partial charge in [-0.15, -0.1) is 0 Å². The Labute approximate surface area is 394 Å². The molecular weight excluding hydrogens is 799 g/mol. The van der Waals surface area contributed by atoms with E-state index in [1.54, 1.807) is 0 Å². The average Bonchev–Trinajstić information content (AvgIpc) is 3.26. The maximum atomic E-state index is 12.8. The highest BCUT2D eigenvalue weighted by Gasteiger charge is 2.31. The lowest BCUT2D eigenvalue weighted by molar-refractivity contribution is -0.887. The number of ether oxygens (including phenoxy) is 3. The number of quaternary nitrogens is 1. The smallest absolute Gasteiger partial charge is 0.362 e. The third-order valence-electron chi connectivity index (χ3n) is 11.7. The molecule has 0 amide bonds. The normalized spacial score (nSPS) is 13.3. The van der Waals surface area contributed by atoms with E-state index in [1.807, 2.05) is 21.1 Å². The fraction of sp³-hybridized carbons (Fsp3) is 0.768. The van der Waals surface area contributed by atoms with Crippen LogP contribution in [-0.4, -0.2) is 80.6 Å². The number of aliphatic carboxylic acids is 1. The largest absolute Gasteiger partial charge is 0.477 e. The van der Waals surface area contributed by atoms with Crippen LogP contribution in [0.5, 0.6) is 0 Å². The van der Waals surface area contributed by atoms with Crippen LogP contribution in [0.25, 0.3) is 0 Å². The monoisotopic (exact) mass is 899 g/mol. The Bertz CT molecular complexity index is 1230. The Morgan fingerprint density at radius 1 is 0.484 bits per heavy atom. The Balaban J connectivity index is 4.22. The molecule has 8 heteroatoms. The van der Waals surface area contributed by atoms with Gasteiger partial charge in [0, 0.05) is 19.3 Å². The fourth-order valence-electron chi connectivity index (χ4n) is 7.61. The number of carbonyl (C=O) groups excluding carboxylic acids is 2. The number of allylic oxidation sites excluding steroid dienone is 10. The van der Waals surface area contributed by atoms with E-state index in [0.29, 0.717) is 19.3 Å². The molecular formula is C56H100NO7+. The van der Waals surface area contributed by atoms with E-state index in [9.17, 15) is 19.5 Å². The molecule has 8 nitrogen and oxygen atoms in total. The third kappa shape index (κ3) is 44.2. The summed E-state index contributed by atoms with van der Waals surface area (Å²) >= 11 is 0. The van der Waals surface area contributed by atoms with Gasteiger partial charge in [-0.2, -0.15) is 0 Å². The van der Waals surface area contributed by atoms with Crippen molar-refractivity contribution >= 4 is 17.9 Å². The lowest BCUT2D eigenvalue weighted by Crippen LogP contribution is -2.50. The Morgan fingerprint density at radius 3 is 1.31 bits per heavy atom. The molecule has 0 saturated carbocycles. The Hall–Kier alpha value is -2.97. The van der Waals surface area contributed by atoms with Crippen LogP contribution in [0, 0.1) is 0 Å². The van der Waals surface area contributed by atoms with Gasteiger partial charge in [0.25, 0.3) is 0 Å². The minimum absolute atomic E-state index is 0.0556. The quantitative estimate of drug-likeness (QED) is 0.0281. The van der Waals surface area contributed by atoms with E-state index < -0.39 is 18.1 Å². The third-order valence-corrected chi connectivity index (χ3v) is 11.7. The molecule has 0 aromatic carbocycles. The van der Waals surface area contributed by atoms with Crippen molar-refractivity contribution in [2.75, 3.05) is 41.0 Å². The van der Waals surface area contributed by atoms with Crippen molar-refractivity contribution in [3.8, 4) is 0 Å². The number of esters is 2. The number of rotatable bonds is 47. The summed E-state index contributed by atoms with van der Waals surface area (Å²) in [4.78, 5) is 37.2. The summed E-state index contributed by atoms with van der Waals surface area (Å²) in [7, 11) is 5.53. The number of carboxylic acids is 1. The molecule has 0 saturated heterocycles. The molecule has 0 bridgehead atoms. The molecule has 0 spiro atoms. The van der Waals surface area contributed by atoms with Gasteiger partial charge in [0.2, 0.25) is 0 Å². The van der Waals surface area contributed by atoms with Gasteiger partial charge < -0.3 is 23.8 Å². The zero-order chi connectivity index (χ0) is 47.0. The highest BCUT2D eigenvalue weighted by molar-refractivity contribution is 5.72. The first-order chi connectivity index (χ1) is 31.1. The van der Waals surface area contributed by atoms with Crippen LogP contribution in [-0.2, 0) is 28.6 Å². The molecule has 0 aliphatic rings. The van der Waals surface area contributed by atoms with Crippen molar-refractivity contribution in [2.45, 2.75) is 238 Å². The molecule has 64 heavy (non-hydrogen) atoms. The minimum atomic E-state index is -0.876. The van der Waals surface area contributed by atoms with Crippen LogP contribution in [0.3, 0.4) is 0 Å². The summed E-state index contributed by atoms with van der Waals surface area (Å²) in [5.41, 5.74) is 0.